The summed E-state index contributed by atoms with van der Waals surface area (Å²) in [5, 5.41) is -0.305. The van der Waals surface area contributed by atoms with Gasteiger partial charge in [0.2, 0.25) is 10.0 Å². The van der Waals surface area contributed by atoms with E-state index in [4.69, 9.17) is 9.72 Å². The molecule has 2 atom stereocenters. The Bertz CT molecular complexity index is 1040. The minimum Gasteiger partial charge on any atom is -0.447 e. The highest BCUT2D eigenvalue weighted by Crippen LogP contribution is 2.30. The molecule has 1 aromatic carbocycles. The second-order valence-electron chi connectivity index (χ2n) is 8.89. The number of carbonyl (C=O) groups is 1. The summed E-state index contributed by atoms with van der Waals surface area (Å²) in [6, 6.07) is 15.0. The SMILES string of the molecule is CC(C)OC(=O)N1CCC[C@H](NS(=O)(=O)C2CC2)[C@@H]1Cc1cccc(-c2ccccc2)n1. The third-order valence-electron chi connectivity index (χ3n) is 5.92. The van der Waals surface area contributed by atoms with Crippen LogP contribution in [0.3, 0.4) is 0 Å². The highest BCUT2D eigenvalue weighted by molar-refractivity contribution is 7.90. The maximum Gasteiger partial charge on any atom is 0.410 e. The molecule has 2 aliphatic rings. The molecule has 2 fully saturated rings. The van der Waals surface area contributed by atoms with Crippen LogP contribution in [0.5, 0.6) is 0 Å². The van der Waals surface area contributed by atoms with E-state index in [9.17, 15) is 13.2 Å². The summed E-state index contributed by atoms with van der Waals surface area (Å²) in [6.07, 6.45) is 2.61. The average Bonchev–Trinajstić information content (AvgIpc) is 3.61. The summed E-state index contributed by atoms with van der Waals surface area (Å²) < 4.78 is 33.8. The van der Waals surface area contributed by atoms with Crippen molar-refractivity contribution in [1.29, 1.82) is 0 Å². The van der Waals surface area contributed by atoms with Crippen LogP contribution in [0.4, 0.5) is 4.79 Å². The first-order chi connectivity index (χ1) is 15.3. The number of nitrogens with one attached hydrogen (secondary N) is 1. The predicted molar refractivity (Wildman–Crippen MR) is 124 cm³/mol. The number of rotatable bonds is 7. The van der Waals surface area contributed by atoms with E-state index in [1.54, 1.807) is 4.90 Å². The summed E-state index contributed by atoms with van der Waals surface area (Å²) in [4.78, 5) is 19.4. The van der Waals surface area contributed by atoms with E-state index in [1.807, 2.05) is 62.4 Å². The van der Waals surface area contributed by atoms with E-state index in [0.717, 1.165) is 23.4 Å². The Hall–Kier alpha value is -2.45. The number of nitrogens with zero attached hydrogens (tertiary/aromatic N) is 2. The van der Waals surface area contributed by atoms with Crippen LogP contribution in [0.2, 0.25) is 0 Å². The van der Waals surface area contributed by atoms with Crippen molar-refractivity contribution in [3.8, 4) is 11.3 Å². The van der Waals surface area contributed by atoms with E-state index in [2.05, 4.69) is 4.72 Å². The molecule has 0 bridgehead atoms. The van der Waals surface area contributed by atoms with Gasteiger partial charge in [-0.05, 0) is 51.7 Å². The zero-order chi connectivity index (χ0) is 22.7. The number of aromatic nitrogens is 1. The van der Waals surface area contributed by atoms with E-state index in [-0.39, 0.29) is 23.4 Å². The van der Waals surface area contributed by atoms with Crippen LogP contribution in [0, 0.1) is 0 Å². The highest BCUT2D eigenvalue weighted by Gasteiger charge is 2.42. The Balaban J connectivity index is 1.61. The Labute approximate surface area is 190 Å². The number of carbonyl (C=O) groups excluding carboxylic acids is 1. The van der Waals surface area contributed by atoms with Gasteiger partial charge in [0.25, 0.3) is 0 Å². The number of amides is 1. The number of piperidine rings is 1. The maximum atomic E-state index is 12.9. The molecule has 1 saturated carbocycles. The lowest BCUT2D eigenvalue weighted by atomic mass is 9.93. The van der Waals surface area contributed by atoms with E-state index in [0.29, 0.717) is 32.2 Å². The summed E-state index contributed by atoms with van der Waals surface area (Å²) in [5.74, 6) is 0. The predicted octanol–water partition coefficient (Wildman–Crippen LogP) is 3.75. The molecule has 1 aliphatic heterocycles. The molecular weight excluding hydrogens is 426 g/mol. The van der Waals surface area contributed by atoms with Crippen molar-refractivity contribution in [1.82, 2.24) is 14.6 Å². The molecule has 1 aromatic heterocycles. The molecule has 0 radical (unpaired) electrons. The van der Waals surface area contributed by atoms with E-state index in [1.165, 1.54) is 0 Å². The quantitative estimate of drug-likeness (QED) is 0.684. The van der Waals surface area contributed by atoms with Crippen molar-refractivity contribution in [3.63, 3.8) is 0 Å². The zero-order valence-electron chi connectivity index (χ0n) is 18.6. The average molecular weight is 458 g/mol. The van der Waals surface area contributed by atoms with Gasteiger partial charge >= 0.3 is 6.09 Å². The van der Waals surface area contributed by atoms with Crippen LogP contribution < -0.4 is 4.72 Å². The Kier molecular flexibility index (Phi) is 6.81. The fourth-order valence-electron chi connectivity index (χ4n) is 4.21. The summed E-state index contributed by atoms with van der Waals surface area (Å²) >= 11 is 0. The molecule has 2 aromatic rings. The van der Waals surface area contributed by atoms with Crippen molar-refractivity contribution in [2.45, 2.75) is 69.4 Å². The van der Waals surface area contributed by atoms with E-state index >= 15 is 0 Å². The molecular formula is C24H31N3O4S. The van der Waals surface area contributed by atoms with Crippen molar-refractivity contribution in [2.75, 3.05) is 6.54 Å². The Morgan fingerprint density at radius 2 is 1.88 bits per heavy atom. The van der Waals surface area contributed by atoms with Crippen molar-refractivity contribution in [3.05, 3.63) is 54.2 Å². The lowest BCUT2D eigenvalue weighted by Crippen LogP contribution is -2.58. The smallest absolute Gasteiger partial charge is 0.410 e. The number of likely N-dealkylation sites (tertiary alicyclic amines) is 1. The second kappa shape index (κ2) is 9.58. The van der Waals surface area contributed by atoms with Gasteiger partial charge in [-0.25, -0.2) is 17.9 Å². The maximum absolute atomic E-state index is 12.9. The minimum absolute atomic E-state index is 0.244. The topological polar surface area (TPSA) is 88.6 Å². The second-order valence-corrected chi connectivity index (χ2v) is 10.9. The van der Waals surface area contributed by atoms with Gasteiger partial charge in [-0.2, -0.15) is 0 Å². The van der Waals surface area contributed by atoms with Crippen LogP contribution in [0.1, 0.15) is 45.2 Å². The molecule has 2 heterocycles. The molecule has 0 spiro atoms. The standard InChI is InChI=1S/C24H31N3O4S/c1-17(2)31-24(28)27-15-7-12-22(26-32(29,30)20-13-14-20)23(27)16-19-10-6-11-21(25-19)18-8-4-3-5-9-18/h3-6,8-11,17,20,22-23,26H,7,12-16H2,1-2H3/t22-,23-/m0/s1. The van der Waals surface area contributed by atoms with Gasteiger partial charge in [-0.15, -0.1) is 0 Å². The van der Waals surface area contributed by atoms with Crippen LogP contribution in [0.15, 0.2) is 48.5 Å². The summed E-state index contributed by atoms with van der Waals surface area (Å²) in [6.45, 7) is 4.17. The number of hydrogen-bond acceptors (Lipinski definition) is 5. The lowest BCUT2D eigenvalue weighted by molar-refractivity contribution is 0.0459. The van der Waals surface area contributed by atoms with Crippen LogP contribution in [-0.4, -0.2) is 54.4 Å². The van der Waals surface area contributed by atoms with Gasteiger partial charge in [0.05, 0.1) is 23.1 Å². The van der Waals surface area contributed by atoms with Crippen molar-refractivity contribution in [2.24, 2.45) is 0 Å². The molecule has 172 valence electrons. The van der Waals surface area contributed by atoms with Crippen LogP contribution in [0.25, 0.3) is 11.3 Å². The molecule has 7 nitrogen and oxygen atoms in total. The first-order valence-corrected chi connectivity index (χ1v) is 12.9. The first-order valence-electron chi connectivity index (χ1n) is 11.3. The molecule has 32 heavy (non-hydrogen) atoms. The Morgan fingerprint density at radius 3 is 2.56 bits per heavy atom. The third-order valence-corrected chi connectivity index (χ3v) is 7.90. The van der Waals surface area contributed by atoms with Crippen LogP contribution >= 0.6 is 0 Å². The molecule has 1 amide bonds. The lowest BCUT2D eigenvalue weighted by Gasteiger charge is -2.41. The van der Waals surface area contributed by atoms with E-state index < -0.39 is 16.1 Å². The van der Waals surface area contributed by atoms with Gasteiger partial charge in [0.15, 0.2) is 0 Å². The molecule has 1 saturated heterocycles. The third kappa shape index (κ3) is 5.48. The Morgan fingerprint density at radius 1 is 1.12 bits per heavy atom. The van der Waals surface area contributed by atoms with Gasteiger partial charge in [0, 0.05) is 30.3 Å². The highest BCUT2D eigenvalue weighted by atomic mass is 32.2. The van der Waals surface area contributed by atoms with Gasteiger partial charge in [-0.1, -0.05) is 36.4 Å². The van der Waals surface area contributed by atoms with Gasteiger partial charge < -0.3 is 9.64 Å². The normalized spacial score (nSPS) is 21.5. The summed E-state index contributed by atoms with van der Waals surface area (Å²) in [5.41, 5.74) is 2.68. The minimum atomic E-state index is -3.38. The number of benzene rings is 1. The molecule has 1 aliphatic carbocycles. The molecule has 0 unspecified atom stereocenters. The van der Waals surface area contributed by atoms with Gasteiger partial charge in [-0.3, -0.25) is 4.98 Å². The van der Waals surface area contributed by atoms with Crippen molar-refractivity contribution >= 4 is 16.1 Å². The fourth-order valence-corrected chi connectivity index (χ4v) is 5.85. The van der Waals surface area contributed by atoms with Gasteiger partial charge in [0.1, 0.15) is 0 Å². The largest absolute Gasteiger partial charge is 0.447 e. The van der Waals surface area contributed by atoms with Crippen molar-refractivity contribution < 1.29 is 17.9 Å². The first kappa shape index (κ1) is 22.7. The number of hydrogen-bond donors (Lipinski definition) is 1. The number of ether oxygens (including phenoxy) is 1. The molecule has 8 heteroatoms. The number of pyridine rings is 1. The zero-order valence-corrected chi connectivity index (χ0v) is 19.4. The fraction of sp³-hybridized carbons (Fsp3) is 0.500. The molecule has 4 rings (SSSR count). The van der Waals surface area contributed by atoms with Crippen LogP contribution in [-0.2, 0) is 21.2 Å². The monoisotopic (exact) mass is 457 g/mol. The number of sulfonamides is 1. The molecule has 1 N–H and O–H groups in total. The summed E-state index contributed by atoms with van der Waals surface area (Å²) in [7, 11) is -3.38.